The molecular formula is C28H30HfSi. The Morgan fingerprint density at radius 3 is 1.90 bits per heavy atom. The van der Waals surface area contributed by atoms with E-state index in [0.717, 1.165) is 6.42 Å². The number of rotatable bonds is 4. The van der Waals surface area contributed by atoms with E-state index in [-0.39, 0.29) is 0 Å². The third-order valence-electron chi connectivity index (χ3n) is 9.28. The minimum absolute atomic E-state index is 0.333. The number of benzene rings is 3. The summed E-state index contributed by atoms with van der Waals surface area (Å²) < 4.78 is 10.4. The molecule has 0 aliphatic heterocycles. The maximum atomic E-state index is 2.71. The second-order valence-electron chi connectivity index (χ2n) is 11.3. The molecule has 2 heteroatoms. The van der Waals surface area contributed by atoms with Gasteiger partial charge in [-0.25, -0.2) is 0 Å². The average molecular weight is 573 g/mol. The van der Waals surface area contributed by atoms with Crippen LogP contribution in [0.25, 0.3) is 6.08 Å². The van der Waals surface area contributed by atoms with Crippen LogP contribution < -0.4 is 6.64 Å². The molecule has 0 bridgehead atoms. The molecule has 0 heterocycles. The molecule has 0 spiro atoms. The van der Waals surface area contributed by atoms with Crippen molar-refractivity contribution >= 4 is 19.7 Å². The molecule has 3 aromatic carbocycles. The van der Waals surface area contributed by atoms with E-state index in [1.54, 1.807) is 3.33 Å². The Morgan fingerprint density at radius 1 is 0.767 bits per heavy atom. The number of allylic oxidation sites excluding steroid dienone is 5. The van der Waals surface area contributed by atoms with Gasteiger partial charge in [0.2, 0.25) is 0 Å². The fourth-order valence-electron chi connectivity index (χ4n) is 6.95. The van der Waals surface area contributed by atoms with E-state index in [9.17, 15) is 0 Å². The van der Waals surface area contributed by atoms with Gasteiger partial charge in [0.05, 0.1) is 0 Å². The molecule has 0 fully saturated rings. The Kier molecular flexibility index (Phi) is 3.72. The second kappa shape index (κ2) is 5.60. The van der Waals surface area contributed by atoms with Crippen LogP contribution in [0, 0.1) is 0 Å². The summed E-state index contributed by atoms with van der Waals surface area (Å²) in [4.78, 5) is 0. The summed E-state index contributed by atoms with van der Waals surface area (Å²) in [6, 6.07) is 31.9. The fraction of sp³-hybridized carbons (Fsp3) is 0.143. The van der Waals surface area contributed by atoms with Gasteiger partial charge in [0, 0.05) is 0 Å². The summed E-state index contributed by atoms with van der Waals surface area (Å²) in [7, 11) is 0. The molecule has 2 aliphatic rings. The molecule has 0 N–H and O–H groups in total. The van der Waals surface area contributed by atoms with Crippen LogP contribution in [0.3, 0.4) is 0 Å². The summed E-state index contributed by atoms with van der Waals surface area (Å²) in [6.07, 6.45) is 13.0. The van der Waals surface area contributed by atoms with Crippen molar-refractivity contribution < 1.29 is 14.2 Å². The zero-order valence-corrected chi connectivity index (χ0v) is 23.0. The van der Waals surface area contributed by atoms with Crippen LogP contribution >= 0.6 is 0 Å². The van der Waals surface area contributed by atoms with Gasteiger partial charge in [-0.3, -0.25) is 0 Å². The Bertz CT molecular complexity index is 1330. The number of hydrogen-bond acceptors (Lipinski definition) is 0. The molecular weight excluding hydrogens is 543 g/mol. The zero-order valence-electron chi connectivity index (χ0n) is 18.0. The van der Waals surface area contributed by atoms with Crippen molar-refractivity contribution in [3.63, 3.8) is 0 Å². The van der Waals surface area contributed by atoms with Crippen molar-refractivity contribution in [2.75, 3.05) is 0 Å². The first-order valence-electron chi connectivity index (χ1n) is 11.0. The minimum atomic E-state index is -5.31. The Labute approximate surface area is 176 Å². The maximum absolute atomic E-state index is 5.31. The van der Waals surface area contributed by atoms with Gasteiger partial charge in [0.1, 0.15) is 0 Å². The first-order chi connectivity index (χ1) is 14.3. The van der Waals surface area contributed by atoms with Crippen molar-refractivity contribution in [1.82, 2.24) is 0 Å². The van der Waals surface area contributed by atoms with Gasteiger partial charge < -0.3 is 0 Å². The van der Waals surface area contributed by atoms with Crippen LogP contribution in [0.15, 0.2) is 113 Å². The van der Waals surface area contributed by atoms with Crippen molar-refractivity contribution in [2.45, 2.75) is 19.5 Å². The second-order valence-corrected chi connectivity index (χ2v) is 78.3. The van der Waals surface area contributed by atoms with E-state index in [1.165, 1.54) is 17.8 Å². The molecule has 0 radical (unpaired) electrons. The number of fused-ring (bicyclic) bond motifs is 1. The van der Waals surface area contributed by atoms with E-state index < -0.39 is 14.2 Å². The quantitative estimate of drug-likeness (QED) is 0.354. The predicted octanol–water partition coefficient (Wildman–Crippen LogP) is 5.65. The summed E-state index contributed by atoms with van der Waals surface area (Å²) in [5.41, 5.74) is 2.84. The normalized spacial score (nSPS) is 21.2. The van der Waals surface area contributed by atoms with Crippen molar-refractivity contribution in [1.29, 1.82) is 0 Å². The van der Waals surface area contributed by atoms with E-state index >= 15 is 0 Å². The van der Waals surface area contributed by atoms with Gasteiger partial charge in [-0.2, -0.15) is 0 Å². The first kappa shape index (κ1) is 19.9. The van der Waals surface area contributed by atoms with Crippen molar-refractivity contribution in [3.05, 3.63) is 124 Å². The van der Waals surface area contributed by atoms with E-state index in [0.29, 0.717) is 3.67 Å². The predicted molar refractivity (Wildman–Crippen MR) is 132 cm³/mol. The topological polar surface area (TPSA) is 0 Å². The van der Waals surface area contributed by atoms with Crippen LogP contribution in [0.5, 0.6) is 0 Å². The van der Waals surface area contributed by atoms with E-state index in [1.807, 2.05) is 0 Å². The van der Waals surface area contributed by atoms with Crippen molar-refractivity contribution in [2.24, 2.45) is 0 Å². The molecule has 0 nitrogen and oxygen atoms in total. The Hall–Kier alpha value is -2.03. The summed E-state index contributed by atoms with van der Waals surface area (Å²) in [5.74, 6) is 0. The standard InChI is InChI=1S/C9H7.2C6H5.C5H5.2CH3.Hf.H2Si/c1-2-5-9-7-3-6-8(9)4-1;2*1-2-4-6-5-3-1;1-2-4-5-3-1;;;;/h1-7H;2*1-5H;1-3H,4H2;2*1H3;;1H2. The van der Waals surface area contributed by atoms with Crippen LogP contribution in [0.2, 0.25) is 9.36 Å². The molecule has 0 amide bonds. The average Bonchev–Trinajstić information content (AvgIpc) is 3.47. The van der Waals surface area contributed by atoms with Crippen LogP contribution in [0.1, 0.15) is 21.2 Å². The monoisotopic (exact) mass is 574 g/mol. The molecule has 1 atom stereocenters. The molecule has 1 unspecified atom stereocenters. The van der Waals surface area contributed by atoms with Crippen LogP contribution in [-0.4, -0.2) is 6.94 Å². The summed E-state index contributed by atoms with van der Waals surface area (Å²) in [6.45, 7) is 2.38. The molecule has 5 rings (SSSR count). The summed E-state index contributed by atoms with van der Waals surface area (Å²) in [5, 5.41) is 0. The SMILES string of the molecule is [CH3][Hf]([CH3])(=[SiH2])([C]1=CC=CC1)([c]1ccccc1)([c]1ccccc1)[CH]1C=Cc2ccccc21. The Balaban J connectivity index is 2.09. The van der Waals surface area contributed by atoms with E-state index in [4.69, 9.17) is 0 Å². The molecule has 2 aliphatic carbocycles. The molecule has 150 valence electrons. The van der Waals surface area contributed by atoms with Gasteiger partial charge in [-0.1, -0.05) is 0 Å². The molecule has 3 aromatic rings. The van der Waals surface area contributed by atoms with Crippen LogP contribution in [-0.2, 0) is 14.2 Å². The summed E-state index contributed by atoms with van der Waals surface area (Å²) >= 11 is -5.31. The van der Waals surface area contributed by atoms with Gasteiger partial charge in [-0.05, 0) is 0 Å². The van der Waals surface area contributed by atoms with Gasteiger partial charge in [0.15, 0.2) is 0 Å². The van der Waals surface area contributed by atoms with E-state index in [2.05, 4.69) is 132 Å². The first-order valence-corrected chi connectivity index (χ1v) is 34.0. The molecule has 0 aromatic heterocycles. The third kappa shape index (κ3) is 2.05. The number of hydrogen-bond donors (Lipinski definition) is 0. The Morgan fingerprint density at radius 2 is 1.33 bits per heavy atom. The van der Waals surface area contributed by atoms with Gasteiger partial charge in [-0.15, -0.1) is 0 Å². The zero-order chi connectivity index (χ0) is 21.0. The third-order valence-corrected chi connectivity index (χ3v) is 65.9. The molecule has 0 saturated carbocycles. The van der Waals surface area contributed by atoms with Gasteiger partial charge in [0.25, 0.3) is 0 Å². The van der Waals surface area contributed by atoms with Crippen LogP contribution in [0.4, 0.5) is 0 Å². The fourth-order valence-corrected chi connectivity index (χ4v) is 50.8. The van der Waals surface area contributed by atoms with Crippen molar-refractivity contribution in [3.8, 4) is 0 Å². The molecule has 0 saturated heterocycles. The van der Waals surface area contributed by atoms with Gasteiger partial charge >= 0.3 is 177 Å². The molecule has 30 heavy (non-hydrogen) atoms.